The van der Waals surface area contributed by atoms with Crippen LogP contribution in [0.4, 0.5) is 11.6 Å². The summed E-state index contributed by atoms with van der Waals surface area (Å²) in [7, 11) is 1.60. The number of halogens is 2. The SMILES string of the molecule is COc1cccc(-c2ccnc3nc(Nc4cc(Cl)cc(Cl)c4)[nH]c(=O)c23)c1. The lowest BCUT2D eigenvalue weighted by Gasteiger charge is -2.10. The van der Waals surface area contributed by atoms with Crippen LogP contribution in [0, 0.1) is 0 Å². The lowest BCUT2D eigenvalue weighted by Crippen LogP contribution is -2.13. The van der Waals surface area contributed by atoms with Crippen molar-refractivity contribution in [2.75, 3.05) is 12.4 Å². The number of nitrogens with zero attached hydrogens (tertiary/aromatic N) is 2. The summed E-state index contributed by atoms with van der Waals surface area (Å²) in [5, 5.41) is 4.33. The molecular weight excluding hydrogens is 399 g/mol. The topological polar surface area (TPSA) is 79.9 Å². The third kappa shape index (κ3) is 3.65. The Morgan fingerprint density at radius 2 is 1.86 bits per heavy atom. The van der Waals surface area contributed by atoms with Gasteiger partial charge in [-0.1, -0.05) is 35.3 Å². The number of anilines is 2. The molecule has 0 saturated heterocycles. The maximum atomic E-state index is 12.8. The van der Waals surface area contributed by atoms with Crippen molar-refractivity contribution in [3.8, 4) is 16.9 Å². The van der Waals surface area contributed by atoms with Crippen LogP contribution in [0.1, 0.15) is 0 Å². The molecule has 2 heterocycles. The Bertz CT molecular complexity index is 1220. The van der Waals surface area contributed by atoms with E-state index in [0.717, 1.165) is 11.1 Å². The fourth-order valence-electron chi connectivity index (χ4n) is 2.92. The van der Waals surface area contributed by atoms with Crippen LogP contribution in [0.25, 0.3) is 22.2 Å². The van der Waals surface area contributed by atoms with E-state index in [4.69, 9.17) is 27.9 Å². The second kappa shape index (κ2) is 7.50. The van der Waals surface area contributed by atoms with E-state index >= 15 is 0 Å². The second-order valence-corrected chi connectivity index (χ2v) is 6.86. The van der Waals surface area contributed by atoms with Gasteiger partial charge in [-0.3, -0.25) is 9.78 Å². The van der Waals surface area contributed by atoms with Gasteiger partial charge < -0.3 is 10.1 Å². The van der Waals surface area contributed by atoms with Crippen LogP contribution in [-0.4, -0.2) is 22.1 Å². The zero-order valence-corrected chi connectivity index (χ0v) is 16.2. The third-order valence-corrected chi connectivity index (χ3v) is 4.55. The number of hydrogen-bond donors (Lipinski definition) is 2. The maximum absolute atomic E-state index is 12.8. The monoisotopic (exact) mass is 412 g/mol. The quantitative estimate of drug-likeness (QED) is 0.490. The molecule has 0 aliphatic heterocycles. The highest BCUT2D eigenvalue weighted by molar-refractivity contribution is 6.35. The van der Waals surface area contributed by atoms with Crippen LogP contribution >= 0.6 is 23.2 Å². The number of pyridine rings is 1. The van der Waals surface area contributed by atoms with Crippen LogP contribution in [0.2, 0.25) is 10.0 Å². The molecule has 0 amide bonds. The number of rotatable bonds is 4. The number of methoxy groups -OCH3 is 1. The largest absolute Gasteiger partial charge is 0.497 e. The van der Waals surface area contributed by atoms with E-state index in [1.54, 1.807) is 37.6 Å². The Morgan fingerprint density at radius 3 is 2.61 bits per heavy atom. The van der Waals surface area contributed by atoms with E-state index in [1.807, 2.05) is 24.3 Å². The first kappa shape index (κ1) is 18.3. The number of benzene rings is 2. The fourth-order valence-corrected chi connectivity index (χ4v) is 3.44. The molecule has 0 fully saturated rings. The van der Waals surface area contributed by atoms with Crippen molar-refractivity contribution in [1.82, 2.24) is 15.0 Å². The molecule has 0 aliphatic rings. The van der Waals surface area contributed by atoms with Gasteiger partial charge in [0.25, 0.3) is 5.56 Å². The maximum Gasteiger partial charge on any atom is 0.262 e. The zero-order chi connectivity index (χ0) is 19.7. The predicted octanol–water partition coefficient (Wildman–Crippen LogP) is 5.04. The zero-order valence-electron chi connectivity index (χ0n) is 14.7. The number of nitrogens with one attached hydrogen (secondary N) is 2. The van der Waals surface area contributed by atoms with Crippen molar-refractivity contribution in [1.29, 1.82) is 0 Å². The molecule has 2 aromatic heterocycles. The molecule has 2 aromatic carbocycles. The summed E-state index contributed by atoms with van der Waals surface area (Å²) in [5.41, 5.74) is 2.16. The van der Waals surface area contributed by atoms with Crippen molar-refractivity contribution >= 4 is 45.9 Å². The normalized spacial score (nSPS) is 10.8. The van der Waals surface area contributed by atoms with Crippen LogP contribution in [0.5, 0.6) is 5.75 Å². The smallest absolute Gasteiger partial charge is 0.262 e. The lowest BCUT2D eigenvalue weighted by molar-refractivity contribution is 0.415. The van der Waals surface area contributed by atoms with Gasteiger partial charge in [-0.15, -0.1) is 0 Å². The summed E-state index contributed by atoms with van der Waals surface area (Å²) in [6.07, 6.45) is 1.61. The Kier molecular flexibility index (Phi) is 4.90. The van der Waals surface area contributed by atoms with Crippen molar-refractivity contribution in [2.24, 2.45) is 0 Å². The molecule has 4 aromatic rings. The predicted molar refractivity (Wildman–Crippen MR) is 112 cm³/mol. The van der Waals surface area contributed by atoms with E-state index in [0.29, 0.717) is 32.5 Å². The summed E-state index contributed by atoms with van der Waals surface area (Å²) >= 11 is 12.0. The highest BCUT2D eigenvalue weighted by atomic mass is 35.5. The number of aromatic amines is 1. The first-order valence-electron chi connectivity index (χ1n) is 8.30. The van der Waals surface area contributed by atoms with Gasteiger partial charge in [-0.05, 0) is 47.5 Å². The molecule has 8 heteroatoms. The summed E-state index contributed by atoms with van der Waals surface area (Å²) in [4.78, 5) is 24.2. The molecule has 0 bridgehead atoms. The minimum Gasteiger partial charge on any atom is -0.497 e. The first-order valence-corrected chi connectivity index (χ1v) is 9.05. The molecule has 4 rings (SSSR count). The lowest BCUT2D eigenvalue weighted by atomic mass is 10.0. The van der Waals surface area contributed by atoms with Crippen molar-refractivity contribution < 1.29 is 4.74 Å². The molecule has 6 nitrogen and oxygen atoms in total. The van der Waals surface area contributed by atoms with Crippen LogP contribution < -0.4 is 15.6 Å². The van der Waals surface area contributed by atoms with Gasteiger partial charge in [0.15, 0.2) is 5.65 Å². The highest BCUT2D eigenvalue weighted by Gasteiger charge is 2.12. The number of ether oxygens (including phenoxy) is 1. The summed E-state index contributed by atoms with van der Waals surface area (Å²) in [6.45, 7) is 0. The van der Waals surface area contributed by atoms with Gasteiger partial charge in [-0.25, -0.2) is 4.98 Å². The van der Waals surface area contributed by atoms with Gasteiger partial charge >= 0.3 is 0 Å². The molecule has 0 spiro atoms. The standard InChI is InChI=1S/C20H14Cl2N4O2/c1-28-15-4-2-3-11(7-15)16-5-6-23-18-17(16)19(27)26-20(25-18)24-14-9-12(21)8-13(22)10-14/h2-10H,1H3,(H2,23,24,25,26,27). The van der Waals surface area contributed by atoms with Crippen molar-refractivity contribution in [3.05, 3.63) is 75.1 Å². The van der Waals surface area contributed by atoms with E-state index in [9.17, 15) is 4.79 Å². The number of aromatic nitrogens is 3. The Balaban J connectivity index is 1.81. The van der Waals surface area contributed by atoms with Gasteiger partial charge in [0, 0.05) is 21.9 Å². The first-order chi connectivity index (χ1) is 13.5. The molecule has 28 heavy (non-hydrogen) atoms. The average molecular weight is 413 g/mol. The van der Waals surface area contributed by atoms with Crippen LogP contribution in [-0.2, 0) is 0 Å². The molecule has 0 saturated carbocycles. The fraction of sp³-hybridized carbons (Fsp3) is 0.0500. The molecule has 0 atom stereocenters. The Morgan fingerprint density at radius 1 is 1.07 bits per heavy atom. The summed E-state index contributed by atoms with van der Waals surface area (Å²) < 4.78 is 5.27. The molecular formula is C20H14Cl2N4O2. The summed E-state index contributed by atoms with van der Waals surface area (Å²) in [6, 6.07) is 14.2. The van der Waals surface area contributed by atoms with Gasteiger partial charge in [0.05, 0.1) is 12.5 Å². The number of hydrogen-bond acceptors (Lipinski definition) is 5. The average Bonchev–Trinajstić information content (AvgIpc) is 2.66. The second-order valence-electron chi connectivity index (χ2n) is 5.99. The van der Waals surface area contributed by atoms with Crippen molar-refractivity contribution in [3.63, 3.8) is 0 Å². The molecule has 0 radical (unpaired) electrons. The van der Waals surface area contributed by atoms with Gasteiger partial charge in [-0.2, -0.15) is 4.98 Å². The molecule has 0 aliphatic carbocycles. The minimum atomic E-state index is -0.313. The highest BCUT2D eigenvalue weighted by Crippen LogP contribution is 2.28. The van der Waals surface area contributed by atoms with Gasteiger partial charge in [0.1, 0.15) is 5.75 Å². The molecule has 2 N–H and O–H groups in total. The van der Waals surface area contributed by atoms with E-state index in [1.165, 1.54) is 0 Å². The van der Waals surface area contributed by atoms with Gasteiger partial charge in [0.2, 0.25) is 5.95 Å². The van der Waals surface area contributed by atoms with E-state index in [-0.39, 0.29) is 11.5 Å². The van der Waals surface area contributed by atoms with Crippen LogP contribution in [0.3, 0.4) is 0 Å². The Hall–Kier alpha value is -3.09. The summed E-state index contributed by atoms with van der Waals surface area (Å²) in [5.74, 6) is 0.939. The minimum absolute atomic E-state index is 0.242. The van der Waals surface area contributed by atoms with E-state index < -0.39 is 0 Å². The van der Waals surface area contributed by atoms with E-state index in [2.05, 4.69) is 20.3 Å². The van der Waals surface area contributed by atoms with Crippen molar-refractivity contribution in [2.45, 2.75) is 0 Å². The third-order valence-electron chi connectivity index (χ3n) is 4.11. The van der Waals surface area contributed by atoms with Crippen LogP contribution in [0.15, 0.2) is 59.5 Å². The molecule has 0 unspecified atom stereocenters. The number of H-pyrrole nitrogens is 1. The Labute approximate surface area is 170 Å². The molecule has 140 valence electrons. The number of fused-ring (bicyclic) bond motifs is 1.